The molecule has 1 aliphatic heterocycles. The Balaban J connectivity index is 1.78. The molecule has 6 nitrogen and oxygen atoms in total. The van der Waals surface area contributed by atoms with Crippen molar-refractivity contribution in [3.63, 3.8) is 0 Å². The smallest absolute Gasteiger partial charge is 0.378 e. The van der Waals surface area contributed by atoms with Gasteiger partial charge in [-0.25, -0.2) is 9.97 Å². The number of carbonyl (C=O) groups is 1. The van der Waals surface area contributed by atoms with Crippen molar-refractivity contribution in [2.75, 3.05) is 36.5 Å². The highest BCUT2D eigenvalue weighted by Gasteiger charge is 2.33. The van der Waals surface area contributed by atoms with Gasteiger partial charge in [-0.15, -0.1) is 0 Å². The Bertz CT molecular complexity index is 810. The zero-order chi connectivity index (χ0) is 18.7. The first-order valence-corrected chi connectivity index (χ1v) is 8.05. The number of amides is 1. The highest BCUT2D eigenvalue weighted by Crippen LogP contribution is 2.36. The van der Waals surface area contributed by atoms with Gasteiger partial charge in [0, 0.05) is 24.8 Å². The largest absolute Gasteiger partial charge is 0.417 e. The van der Waals surface area contributed by atoms with Gasteiger partial charge in [-0.1, -0.05) is 11.6 Å². The van der Waals surface area contributed by atoms with E-state index in [2.05, 4.69) is 15.3 Å². The number of aromatic nitrogens is 2. The van der Waals surface area contributed by atoms with Crippen molar-refractivity contribution < 1.29 is 22.7 Å². The highest BCUT2D eigenvalue weighted by molar-refractivity contribution is 6.31. The molecule has 3 rings (SSSR count). The van der Waals surface area contributed by atoms with E-state index in [4.69, 9.17) is 16.3 Å². The van der Waals surface area contributed by atoms with E-state index in [0.29, 0.717) is 32.1 Å². The Morgan fingerprint density at radius 2 is 1.92 bits per heavy atom. The van der Waals surface area contributed by atoms with Crippen LogP contribution in [-0.4, -0.2) is 42.2 Å². The number of morpholine rings is 1. The van der Waals surface area contributed by atoms with Gasteiger partial charge < -0.3 is 15.0 Å². The summed E-state index contributed by atoms with van der Waals surface area (Å²) in [6, 6.07) is 4.64. The predicted octanol–water partition coefficient (Wildman–Crippen LogP) is 3.24. The molecule has 138 valence electrons. The number of halogens is 4. The van der Waals surface area contributed by atoms with Crippen LogP contribution >= 0.6 is 11.6 Å². The second-order valence-corrected chi connectivity index (χ2v) is 5.91. The van der Waals surface area contributed by atoms with E-state index in [1.165, 1.54) is 18.5 Å². The fraction of sp³-hybridized carbons (Fsp3) is 0.312. The minimum Gasteiger partial charge on any atom is -0.378 e. The van der Waals surface area contributed by atoms with E-state index in [9.17, 15) is 18.0 Å². The Hall–Kier alpha value is -2.39. The molecule has 1 aromatic carbocycles. The molecule has 1 aliphatic rings. The number of carbonyl (C=O) groups excluding carboxylic acids is 1. The van der Waals surface area contributed by atoms with E-state index < -0.39 is 22.7 Å². The lowest BCUT2D eigenvalue weighted by molar-refractivity contribution is -0.137. The summed E-state index contributed by atoms with van der Waals surface area (Å²) in [7, 11) is 0. The van der Waals surface area contributed by atoms with Crippen LogP contribution in [0.15, 0.2) is 30.6 Å². The van der Waals surface area contributed by atoms with Crippen molar-refractivity contribution in [1.29, 1.82) is 0 Å². The zero-order valence-corrected chi connectivity index (χ0v) is 14.1. The van der Waals surface area contributed by atoms with Gasteiger partial charge in [-0.2, -0.15) is 13.2 Å². The molecular formula is C16H14ClF3N4O2. The van der Waals surface area contributed by atoms with Crippen LogP contribution in [-0.2, 0) is 10.9 Å². The molecule has 1 amide bonds. The van der Waals surface area contributed by atoms with E-state index in [1.807, 2.05) is 4.90 Å². The van der Waals surface area contributed by atoms with Crippen LogP contribution in [0, 0.1) is 0 Å². The van der Waals surface area contributed by atoms with Gasteiger partial charge in [-0.05, 0) is 18.2 Å². The molecule has 1 saturated heterocycles. The molecule has 0 bridgehead atoms. The van der Waals surface area contributed by atoms with Crippen LogP contribution in [0.3, 0.4) is 0 Å². The van der Waals surface area contributed by atoms with Crippen LogP contribution in [0.2, 0.25) is 5.02 Å². The number of hydrogen-bond acceptors (Lipinski definition) is 5. The minimum atomic E-state index is -4.61. The van der Waals surface area contributed by atoms with Crippen molar-refractivity contribution in [2.45, 2.75) is 6.18 Å². The molecule has 2 aromatic rings. The molecule has 10 heteroatoms. The molecule has 0 atom stereocenters. The van der Waals surface area contributed by atoms with E-state index in [-0.39, 0.29) is 11.4 Å². The number of rotatable bonds is 3. The number of benzene rings is 1. The summed E-state index contributed by atoms with van der Waals surface area (Å²) < 4.78 is 44.0. The van der Waals surface area contributed by atoms with Gasteiger partial charge in [-0.3, -0.25) is 4.79 Å². The quantitative estimate of drug-likeness (QED) is 0.877. The van der Waals surface area contributed by atoms with Gasteiger partial charge in [0.1, 0.15) is 17.8 Å². The molecule has 0 aliphatic carbocycles. The summed E-state index contributed by atoms with van der Waals surface area (Å²) >= 11 is 5.57. The summed E-state index contributed by atoms with van der Waals surface area (Å²) in [5.74, 6) is -0.0853. The maximum atomic E-state index is 12.9. The second-order valence-electron chi connectivity index (χ2n) is 5.51. The average molecular weight is 387 g/mol. The molecule has 0 saturated carbocycles. The number of hydrogen-bond donors (Lipinski definition) is 1. The standard InChI is InChI=1S/C16H14ClF3N4O2/c17-12-2-1-10(7-11(12)16(18,19)20)23-15(25)13-8-14(22-9-21-13)24-3-5-26-6-4-24/h1-2,7-9H,3-6H2,(H,23,25). The first-order valence-electron chi connectivity index (χ1n) is 7.67. The summed E-state index contributed by atoms with van der Waals surface area (Å²) in [6.07, 6.45) is -3.38. The first kappa shape index (κ1) is 18.4. The van der Waals surface area contributed by atoms with Gasteiger partial charge in [0.05, 0.1) is 23.8 Å². The predicted molar refractivity (Wildman–Crippen MR) is 89.5 cm³/mol. The van der Waals surface area contributed by atoms with Crippen molar-refractivity contribution >= 4 is 29.0 Å². The topological polar surface area (TPSA) is 67.4 Å². The van der Waals surface area contributed by atoms with E-state index >= 15 is 0 Å². The Morgan fingerprint density at radius 1 is 1.19 bits per heavy atom. The van der Waals surface area contributed by atoms with E-state index in [0.717, 1.165) is 12.1 Å². The van der Waals surface area contributed by atoms with Crippen LogP contribution < -0.4 is 10.2 Å². The van der Waals surface area contributed by atoms with Gasteiger partial charge in [0.15, 0.2) is 0 Å². The van der Waals surface area contributed by atoms with Crippen molar-refractivity contribution in [3.8, 4) is 0 Å². The van der Waals surface area contributed by atoms with Crippen molar-refractivity contribution in [3.05, 3.63) is 46.9 Å². The Morgan fingerprint density at radius 3 is 2.62 bits per heavy atom. The van der Waals surface area contributed by atoms with Gasteiger partial charge in [0.25, 0.3) is 5.91 Å². The summed E-state index contributed by atoms with van der Waals surface area (Å²) in [5.41, 5.74) is -1.00. The molecule has 1 N–H and O–H groups in total. The van der Waals surface area contributed by atoms with Crippen LogP contribution in [0.4, 0.5) is 24.7 Å². The molecule has 1 fully saturated rings. The molecule has 26 heavy (non-hydrogen) atoms. The Labute approximate surface area is 151 Å². The molecular weight excluding hydrogens is 373 g/mol. The van der Waals surface area contributed by atoms with E-state index in [1.54, 1.807) is 0 Å². The first-order chi connectivity index (χ1) is 12.3. The fourth-order valence-corrected chi connectivity index (χ4v) is 2.68. The lowest BCUT2D eigenvalue weighted by Gasteiger charge is -2.27. The number of anilines is 2. The van der Waals surface area contributed by atoms with Gasteiger partial charge in [0.2, 0.25) is 0 Å². The number of alkyl halides is 3. The second kappa shape index (κ2) is 7.46. The summed E-state index contributed by atoms with van der Waals surface area (Å²) in [6.45, 7) is 2.36. The normalized spacial score (nSPS) is 15.0. The number of ether oxygens (including phenoxy) is 1. The third-order valence-corrected chi connectivity index (χ3v) is 4.08. The lowest BCUT2D eigenvalue weighted by Crippen LogP contribution is -2.37. The van der Waals surface area contributed by atoms with Gasteiger partial charge >= 0.3 is 6.18 Å². The van der Waals surface area contributed by atoms with Crippen LogP contribution in [0.25, 0.3) is 0 Å². The zero-order valence-electron chi connectivity index (χ0n) is 13.4. The molecule has 2 heterocycles. The molecule has 1 aromatic heterocycles. The molecule has 0 radical (unpaired) electrons. The average Bonchev–Trinajstić information content (AvgIpc) is 2.63. The Kier molecular flexibility index (Phi) is 5.28. The highest BCUT2D eigenvalue weighted by atomic mass is 35.5. The minimum absolute atomic E-state index is 0.0294. The third-order valence-electron chi connectivity index (χ3n) is 3.75. The molecule has 0 spiro atoms. The summed E-state index contributed by atoms with van der Waals surface area (Å²) in [4.78, 5) is 22.3. The monoisotopic (exact) mass is 386 g/mol. The number of nitrogens with one attached hydrogen (secondary N) is 1. The van der Waals surface area contributed by atoms with Crippen LogP contribution in [0.1, 0.15) is 16.1 Å². The fourth-order valence-electron chi connectivity index (χ4n) is 2.45. The number of nitrogens with zero attached hydrogens (tertiary/aromatic N) is 3. The third kappa shape index (κ3) is 4.23. The van der Waals surface area contributed by atoms with Crippen LogP contribution in [0.5, 0.6) is 0 Å². The maximum absolute atomic E-state index is 12.9. The van der Waals surface area contributed by atoms with Crippen molar-refractivity contribution in [1.82, 2.24) is 9.97 Å². The molecule has 0 unspecified atom stereocenters. The lowest BCUT2D eigenvalue weighted by atomic mass is 10.2. The van der Waals surface area contributed by atoms with Crippen molar-refractivity contribution in [2.24, 2.45) is 0 Å². The summed E-state index contributed by atoms with van der Waals surface area (Å²) in [5, 5.41) is 1.96. The SMILES string of the molecule is O=C(Nc1ccc(Cl)c(C(F)(F)F)c1)c1cc(N2CCOCC2)ncn1. The maximum Gasteiger partial charge on any atom is 0.417 e.